The number of rotatable bonds is 3. The zero-order chi connectivity index (χ0) is 11.5. The van der Waals surface area contributed by atoms with Crippen molar-refractivity contribution in [2.24, 2.45) is 5.92 Å². The summed E-state index contributed by atoms with van der Waals surface area (Å²) in [7, 11) is 0. The molecule has 1 fully saturated rings. The molecule has 1 atom stereocenters. The van der Waals surface area contributed by atoms with Gasteiger partial charge < -0.3 is 4.90 Å². The van der Waals surface area contributed by atoms with E-state index in [-0.39, 0.29) is 5.91 Å². The van der Waals surface area contributed by atoms with Gasteiger partial charge in [0, 0.05) is 25.7 Å². The van der Waals surface area contributed by atoms with Crippen LogP contribution < -0.4 is 0 Å². The third-order valence-electron chi connectivity index (χ3n) is 2.91. The van der Waals surface area contributed by atoms with Crippen LogP contribution in [-0.2, 0) is 4.79 Å². The Bertz CT molecular complexity index is 347. The van der Waals surface area contributed by atoms with Crippen molar-refractivity contribution in [2.45, 2.75) is 32.7 Å². The summed E-state index contributed by atoms with van der Waals surface area (Å²) < 4.78 is 1.85. The van der Waals surface area contributed by atoms with E-state index in [9.17, 15) is 4.79 Å². The number of hydrogen-bond acceptors (Lipinski definition) is 3. The van der Waals surface area contributed by atoms with E-state index in [1.54, 1.807) is 6.20 Å². The van der Waals surface area contributed by atoms with Gasteiger partial charge in [-0.25, -0.2) is 4.68 Å². The molecule has 1 aliphatic heterocycles. The molecular formula is C11H18N4O. The van der Waals surface area contributed by atoms with Gasteiger partial charge in [0.05, 0.1) is 12.2 Å². The first-order chi connectivity index (χ1) is 7.66. The maximum atomic E-state index is 11.9. The molecule has 1 aliphatic rings. The lowest BCUT2D eigenvalue weighted by molar-refractivity contribution is -0.131. The molecule has 5 heteroatoms. The molecule has 0 spiro atoms. The Kier molecular flexibility index (Phi) is 3.22. The van der Waals surface area contributed by atoms with Crippen LogP contribution in [0.4, 0.5) is 0 Å². The Morgan fingerprint density at radius 3 is 3.00 bits per heavy atom. The molecule has 0 aromatic carbocycles. The Morgan fingerprint density at radius 2 is 2.38 bits per heavy atom. The van der Waals surface area contributed by atoms with Crippen molar-refractivity contribution >= 4 is 5.91 Å². The second kappa shape index (κ2) is 4.63. The minimum Gasteiger partial charge on any atom is -0.340 e. The smallest absolute Gasteiger partial charge is 0.222 e. The first-order valence-corrected chi connectivity index (χ1v) is 5.80. The fourth-order valence-electron chi connectivity index (χ4n) is 2.07. The molecular weight excluding hydrogens is 204 g/mol. The maximum Gasteiger partial charge on any atom is 0.222 e. The van der Waals surface area contributed by atoms with Gasteiger partial charge in [-0.05, 0) is 12.3 Å². The van der Waals surface area contributed by atoms with E-state index in [1.165, 1.54) is 0 Å². The van der Waals surface area contributed by atoms with Crippen LogP contribution >= 0.6 is 0 Å². The second-order valence-corrected chi connectivity index (χ2v) is 4.76. The predicted octanol–water partition coefficient (Wildman–Crippen LogP) is 1.10. The Labute approximate surface area is 95.4 Å². The molecule has 0 saturated carbocycles. The number of likely N-dealkylation sites (tertiary alicyclic amines) is 1. The van der Waals surface area contributed by atoms with E-state index >= 15 is 0 Å². The standard InChI is InChI=1S/C11H18N4O/c1-9(2)7-11(16)14-5-3-10(8-14)15-6-4-12-13-15/h4,6,9-10H,3,5,7-8H2,1-2H3. The zero-order valence-electron chi connectivity index (χ0n) is 9.83. The summed E-state index contributed by atoms with van der Waals surface area (Å²) in [6.45, 7) is 5.76. The van der Waals surface area contributed by atoms with Gasteiger partial charge in [-0.1, -0.05) is 19.1 Å². The van der Waals surface area contributed by atoms with E-state index in [4.69, 9.17) is 0 Å². The highest BCUT2D eigenvalue weighted by atomic mass is 16.2. The number of nitrogens with zero attached hydrogens (tertiary/aromatic N) is 4. The zero-order valence-corrected chi connectivity index (χ0v) is 9.83. The predicted molar refractivity (Wildman–Crippen MR) is 59.7 cm³/mol. The van der Waals surface area contributed by atoms with Crippen molar-refractivity contribution in [3.8, 4) is 0 Å². The number of amides is 1. The van der Waals surface area contributed by atoms with Crippen LogP contribution in [0.1, 0.15) is 32.7 Å². The van der Waals surface area contributed by atoms with Crippen molar-refractivity contribution in [1.29, 1.82) is 0 Å². The normalized spacial score (nSPS) is 20.7. The summed E-state index contributed by atoms with van der Waals surface area (Å²) >= 11 is 0. The molecule has 1 unspecified atom stereocenters. The number of carbonyl (C=O) groups excluding carboxylic acids is 1. The molecule has 5 nitrogen and oxygen atoms in total. The van der Waals surface area contributed by atoms with Crippen molar-refractivity contribution in [3.05, 3.63) is 12.4 Å². The largest absolute Gasteiger partial charge is 0.340 e. The van der Waals surface area contributed by atoms with E-state index in [1.807, 2.05) is 15.8 Å². The molecule has 88 valence electrons. The third-order valence-corrected chi connectivity index (χ3v) is 2.91. The van der Waals surface area contributed by atoms with Gasteiger partial charge in [-0.2, -0.15) is 0 Å². The van der Waals surface area contributed by atoms with Crippen molar-refractivity contribution in [2.75, 3.05) is 13.1 Å². The molecule has 1 aromatic heterocycles. The van der Waals surface area contributed by atoms with Crippen LogP contribution in [0.2, 0.25) is 0 Å². The van der Waals surface area contributed by atoms with Gasteiger partial charge in [0.25, 0.3) is 0 Å². The quantitative estimate of drug-likeness (QED) is 0.769. The summed E-state index contributed by atoms with van der Waals surface area (Å²) in [6.07, 6.45) is 5.16. The Balaban J connectivity index is 1.91. The molecule has 16 heavy (non-hydrogen) atoms. The van der Waals surface area contributed by atoms with Crippen LogP contribution in [-0.4, -0.2) is 38.9 Å². The van der Waals surface area contributed by atoms with Gasteiger partial charge in [0.2, 0.25) is 5.91 Å². The van der Waals surface area contributed by atoms with Gasteiger partial charge in [-0.3, -0.25) is 4.79 Å². The average molecular weight is 222 g/mol. The minimum absolute atomic E-state index is 0.262. The van der Waals surface area contributed by atoms with Crippen molar-refractivity contribution in [3.63, 3.8) is 0 Å². The van der Waals surface area contributed by atoms with E-state index in [2.05, 4.69) is 24.2 Å². The van der Waals surface area contributed by atoms with E-state index in [0.29, 0.717) is 18.4 Å². The third kappa shape index (κ3) is 2.40. The Morgan fingerprint density at radius 1 is 1.56 bits per heavy atom. The molecule has 0 N–H and O–H groups in total. The lowest BCUT2D eigenvalue weighted by atomic mass is 10.1. The number of hydrogen-bond donors (Lipinski definition) is 0. The topological polar surface area (TPSA) is 51.0 Å². The van der Waals surface area contributed by atoms with Crippen LogP contribution in [0, 0.1) is 5.92 Å². The van der Waals surface area contributed by atoms with E-state index in [0.717, 1.165) is 19.5 Å². The molecule has 1 aromatic rings. The first kappa shape index (κ1) is 11.1. The first-order valence-electron chi connectivity index (χ1n) is 5.80. The summed E-state index contributed by atoms with van der Waals surface area (Å²) in [5.41, 5.74) is 0. The number of carbonyl (C=O) groups is 1. The lowest BCUT2D eigenvalue weighted by Gasteiger charge is -2.17. The van der Waals surface area contributed by atoms with Crippen LogP contribution in [0.3, 0.4) is 0 Å². The highest BCUT2D eigenvalue weighted by Gasteiger charge is 2.27. The van der Waals surface area contributed by atoms with Gasteiger partial charge >= 0.3 is 0 Å². The number of aromatic nitrogens is 3. The molecule has 0 radical (unpaired) electrons. The highest BCUT2D eigenvalue weighted by molar-refractivity contribution is 5.76. The summed E-state index contributed by atoms with van der Waals surface area (Å²) in [5, 5.41) is 7.78. The Hall–Kier alpha value is -1.39. The van der Waals surface area contributed by atoms with Gasteiger partial charge in [-0.15, -0.1) is 5.10 Å². The summed E-state index contributed by atoms with van der Waals surface area (Å²) in [5.74, 6) is 0.690. The van der Waals surface area contributed by atoms with Crippen molar-refractivity contribution < 1.29 is 4.79 Å². The maximum absolute atomic E-state index is 11.9. The van der Waals surface area contributed by atoms with Crippen LogP contribution in [0.15, 0.2) is 12.4 Å². The second-order valence-electron chi connectivity index (χ2n) is 4.76. The monoisotopic (exact) mass is 222 g/mol. The fourth-order valence-corrected chi connectivity index (χ4v) is 2.07. The van der Waals surface area contributed by atoms with Crippen LogP contribution in [0.25, 0.3) is 0 Å². The van der Waals surface area contributed by atoms with Gasteiger partial charge in [0.15, 0.2) is 0 Å². The molecule has 2 heterocycles. The fraction of sp³-hybridized carbons (Fsp3) is 0.727. The van der Waals surface area contributed by atoms with Crippen molar-refractivity contribution in [1.82, 2.24) is 19.9 Å². The van der Waals surface area contributed by atoms with E-state index < -0.39 is 0 Å². The molecule has 2 rings (SSSR count). The lowest BCUT2D eigenvalue weighted by Crippen LogP contribution is -2.30. The molecule has 1 saturated heterocycles. The molecule has 0 aliphatic carbocycles. The summed E-state index contributed by atoms with van der Waals surface area (Å²) in [4.78, 5) is 13.8. The average Bonchev–Trinajstić information content (AvgIpc) is 2.87. The summed E-state index contributed by atoms with van der Waals surface area (Å²) in [6, 6.07) is 0.304. The molecule has 0 bridgehead atoms. The van der Waals surface area contributed by atoms with Crippen LogP contribution in [0.5, 0.6) is 0 Å². The SMILES string of the molecule is CC(C)CC(=O)N1CCC(n2ccnn2)C1. The minimum atomic E-state index is 0.262. The highest BCUT2D eigenvalue weighted by Crippen LogP contribution is 2.21. The van der Waals surface area contributed by atoms with Gasteiger partial charge in [0.1, 0.15) is 0 Å². The molecule has 1 amide bonds.